The molecule has 36 heavy (non-hydrogen) atoms. The first-order chi connectivity index (χ1) is 17.2. The Hall–Kier alpha value is -3.31. The van der Waals surface area contributed by atoms with Gasteiger partial charge in [0, 0.05) is 39.4 Å². The number of hydrogen-bond acceptors (Lipinski definition) is 6. The van der Waals surface area contributed by atoms with Crippen molar-refractivity contribution in [3.63, 3.8) is 0 Å². The van der Waals surface area contributed by atoms with E-state index in [4.69, 9.17) is 9.47 Å². The third kappa shape index (κ3) is 3.29. The number of carbonyl (C=O) groups excluding carboxylic acids is 2. The Morgan fingerprint density at radius 3 is 2.53 bits per heavy atom. The molecule has 3 aliphatic heterocycles. The molecule has 0 aliphatic carbocycles. The van der Waals surface area contributed by atoms with Gasteiger partial charge in [0.25, 0.3) is 11.8 Å². The highest BCUT2D eigenvalue weighted by Gasteiger charge is 2.60. The fourth-order valence-corrected chi connectivity index (χ4v) is 6.08. The van der Waals surface area contributed by atoms with Crippen molar-refractivity contribution in [3.05, 3.63) is 62.1 Å². The molecular formula is C25H27F2N3O6. The van der Waals surface area contributed by atoms with Crippen LogP contribution in [0.3, 0.4) is 0 Å². The van der Waals surface area contributed by atoms with E-state index in [-0.39, 0.29) is 23.5 Å². The van der Waals surface area contributed by atoms with Crippen molar-refractivity contribution in [2.75, 3.05) is 27.3 Å². The first-order valence-electron chi connectivity index (χ1n) is 11.8. The SMILES string of the molecule is CO[C@@H]1[C@@H](OC)c2c(C(=O)NCc3c(F)cc(C)cc3F)c(=O)c(O)c3n2[C@@]12CCCCN(C2)C3=O. The number of carbonyl (C=O) groups is 2. The van der Waals surface area contributed by atoms with Crippen molar-refractivity contribution in [2.45, 2.75) is 50.5 Å². The molecule has 9 nitrogen and oxygen atoms in total. The molecule has 0 radical (unpaired) electrons. The summed E-state index contributed by atoms with van der Waals surface area (Å²) in [6.07, 6.45) is 0.492. The van der Waals surface area contributed by atoms with Crippen molar-refractivity contribution in [1.82, 2.24) is 14.8 Å². The number of aromatic nitrogens is 1. The summed E-state index contributed by atoms with van der Waals surface area (Å²) in [5.41, 5.74) is -2.43. The standard InChI is InChI=1S/C25H27F2N3O6/c1-12-8-14(26)13(15(27)9-12)10-28-23(33)16-17-21(35-2)22(36-3)25-6-4-5-7-29(11-25)24(34)18(30(17)25)20(32)19(16)31/h8-9,21-22,32H,4-7,10-11H2,1-3H3,(H,28,33)/t21-,22+,25+/m0/s1. The molecule has 2 aromatic rings. The van der Waals surface area contributed by atoms with Crippen LogP contribution in [-0.2, 0) is 21.6 Å². The molecule has 1 fully saturated rings. The fourth-order valence-electron chi connectivity index (χ4n) is 6.08. The molecule has 0 saturated carbocycles. The fraction of sp³-hybridized carbons (Fsp3) is 0.480. The van der Waals surface area contributed by atoms with Crippen LogP contribution in [0, 0.1) is 18.6 Å². The van der Waals surface area contributed by atoms with Crippen LogP contribution in [-0.4, -0.2) is 59.8 Å². The number of rotatable bonds is 5. The van der Waals surface area contributed by atoms with E-state index in [1.54, 1.807) is 9.47 Å². The zero-order chi connectivity index (χ0) is 25.9. The molecular weight excluding hydrogens is 476 g/mol. The number of halogens is 2. The van der Waals surface area contributed by atoms with Gasteiger partial charge in [0.1, 0.15) is 29.4 Å². The summed E-state index contributed by atoms with van der Waals surface area (Å²) in [6.45, 7) is 1.75. The second-order valence-electron chi connectivity index (χ2n) is 9.61. The monoisotopic (exact) mass is 503 g/mol. The van der Waals surface area contributed by atoms with E-state index in [9.17, 15) is 28.3 Å². The van der Waals surface area contributed by atoms with E-state index in [1.165, 1.54) is 21.1 Å². The minimum Gasteiger partial charge on any atom is -0.503 e. The molecule has 11 heteroatoms. The lowest BCUT2D eigenvalue weighted by atomic mass is 9.85. The number of hydrogen-bond donors (Lipinski definition) is 2. The Labute approximate surface area is 205 Å². The average molecular weight is 504 g/mol. The third-order valence-electron chi connectivity index (χ3n) is 7.59. The largest absolute Gasteiger partial charge is 0.503 e. The van der Waals surface area contributed by atoms with Crippen molar-refractivity contribution in [1.29, 1.82) is 0 Å². The molecule has 2 amide bonds. The van der Waals surface area contributed by atoms with Crippen LogP contribution in [0.1, 0.15) is 63.0 Å². The first-order valence-corrected chi connectivity index (χ1v) is 11.8. The molecule has 192 valence electrons. The maximum atomic E-state index is 14.3. The number of benzene rings is 1. The number of aryl methyl sites for hydroxylation is 1. The molecule has 1 saturated heterocycles. The second-order valence-corrected chi connectivity index (χ2v) is 9.61. The summed E-state index contributed by atoms with van der Waals surface area (Å²) in [5.74, 6) is -3.97. The molecule has 4 heterocycles. The van der Waals surface area contributed by atoms with Gasteiger partial charge in [-0.15, -0.1) is 0 Å². The number of fused-ring (bicyclic) bond motifs is 1. The highest BCUT2D eigenvalue weighted by Crippen LogP contribution is 2.51. The number of nitrogens with zero attached hydrogens (tertiary/aromatic N) is 2. The van der Waals surface area contributed by atoms with Crippen LogP contribution >= 0.6 is 0 Å². The molecule has 3 aliphatic rings. The van der Waals surface area contributed by atoms with Crippen molar-refractivity contribution in [2.24, 2.45) is 0 Å². The quantitative estimate of drug-likeness (QED) is 0.647. The maximum absolute atomic E-state index is 14.3. The molecule has 1 aromatic heterocycles. The number of nitrogens with one attached hydrogen (secondary N) is 1. The zero-order valence-corrected chi connectivity index (χ0v) is 20.2. The molecule has 2 N–H and O–H groups in total. The van der Waals surface area contributed by atoms with Gasteiger partial charge in [-0.1, -0.05) is 0 Å². The minimum atomic E-state index is -1.05. The highest BCUT2D eigenvalue weighted by atomic mass is 19.1. The highest BCUT2D eigenvalue weighted by molar-refractivity contribution is 6.01. The topological polar surface area (TPSA) is 110 Å². The Morgan fingerprint density at radius 2 is 1.89 bits per heavy atom. The van der Waals surface area contributed by atoms with Crippen LogP contribution in [0.2, 0.25) is 0 Å². The number of amides is 2. The zero-order valence-electron chi connectivity index (χ0n) is 20.2. The van der Waals surface area contributed by atoms with Gasteiger partial charge in [-0.25, -0.2) is 8.78 Å². The van der Waals surface area contributed by atoms with Gasteiger partial charge in [0.15, 0.2) is 11.4 Å². The number of methoxy groups -OCH3 is 2. The van der Waals surface area contributed by atoms with Crippen LogP contribution in [0.4, 0.5) is 8.78 Å². The van der Waals surface area contributed by atoms with Gasteiger partial charge in [0.2, 0.25) is 5.43 Å². The summed E-state index contributed by atoms with van der Waals surface area (Å²) in [5, 5.41) is 13.3. The van der Waals surface area contributed by atoms with Crippen LogP contribution in [0.5, 0.6) is 5.75 Å². The Balaban J connectivity index is 1.67. The van der Waals surface area contributed by atoms with Gasteiger partial charge < -0.3 is 29.4 Å². The first kappa shape index (κ1) is 24.4. The summed E-state index contributed by atoms with van der Waals surface area (Å²) in [7, 11) is 2.90. The van der Waals surface area contributed by atoms with Crippen LogP contribution < -0.4 is 10.7 Å². The van der Waals surface area contributed by atoms with Gasteiger partial charge in [0.05, 0.1) is 11.2 Å². The smallest absolute Gasteiger partial charge is 0.274 e. The minimum absolute atomic E-state index is 0.111. The van der Waals surface area contributed by atoms with E-state index >= 15 is 0 Å². The van der Waals surface area contributed by atoms with E-state index in [0.29, 0.717) is 18.5 Å². The van der Waals surface area contributed by atoms with Crippen molar-refractivity contribution >= 4 is 11.8 Å². The molecule has 1 aromatic carbocycles. The summed E-state index contributed by atoms with van der Waals surface area (Å²) in [4.78, 5) is 41.6. The summed E-state index contributed by atoms with van der Waals surface area (Å²) < 4.78 is 41.8. The lowest BCUT2D eigenvalue weighted by Gasteiger charge is -2.44. The molecule has 0 unspecified atom stereocenters. The van der Waals surface area contributed by atoms with Gasteiger partial charge in [-0.05, 0) is 43.9 Å². The van der Waals surface area contributed by atoms with E-state index in [0.717, 1.165) is 25.0 Å². The molecule has 1 spiro atoms. The van der Waals surface area contributed by atoms with Gasteiger partial charge >= 0.3 is 0 Å². The second kappa shape index (κ2) is 8.67. The van der Waals surface area contributed by atoms with E-state index < -0.39 is 64.5 Å². The van der Waals surface area contributed by atoms with E-state index in [2.05, 4.69) is 5.32 Å². The predicted molar refractivity (Wildman–Crippen MR) is 123 cm³/mol. The lowest BCUT2D eigenvalue weighted by molar-refractivity contribution is -0.0817. The Kier molecular flexibility index (Phi) is 5.87. The van der Waals surface area contributed by atoms with Gasteiger partial charge in [-0.3, -0.25) is 14.4 Å². The van der Waals surface area contributed by atoms with E-state index in [1.807, 2.05) is 0 Å². The maximum Gasteiger partial charge on any atom is 0.274 e. The number of ether oxygens (including phenoxy) is 2. The average Bonchev–Trinajstić information content (AvgIpc) is 2.95. The van der Waals surface area contributed by atoms with Crippen molar-refractivity contribution < 1.29 is 33.0 Å². The number of aromatic hydroxyl groups is 1. The molecule has 5 rings (SSSR count). The Morgan fingerprint density at radius 1 is 1.19 bits per heavy atom. The summed E-state index contributed by atoms with van der Waals surface area (Å²) in [6, 6.07) is 2.28. The van der Waals surface area contributed by atoms with Crippen LogP contribution in [0.15, 0.2) is 16.9 Å². The van der Waals surface area contributed by atoms with Crippen LogP contribution in [0.25, 0.3) is 0 Å². The normalized spacial score (nSPS) is 24.5. The number of pyridine rings is 1. The van der Waals surface area contributed by atoms with Gasteiger partial charge in [-0.2, -0.15) is 0 Å². The lowest BCUT2D eigenvalue weighted by Crippen LogP contribution is -2.57. The molecule has 2 bridgehead atoms. The third-order valence-corrected chi connectivity index (χ3v) is 7.59. The Bertz CT molecular complexity index is 1320. The summed E-state index contributed by atoms with van der Waals surface area (Å²) >= 11 is 0. The molecule has 3 atom stereocenters. The van der Waals surface area contributed by atoms with Crippen molar-refractivity contribution in [3.8, 4) is 5.75 Å². The predicted octanol–water partition coefficient (Wildman–Crippen LogP) is 2.12.